The number of nitrogens with one attached hydrogen (secondary N) is 2. The van der Waals surface area contributed by atoms with Crippen molar-refractivity contribution in [3.8, 4) is 11.5 Å². The molecule has 0 bridgehead atoms. The number of thiocarbonyl (C=S) groups is 1. The molecule has 0 heterocycles. The number of esters is 1. The molecule has 0 amide bonds. The molecule has 6 nitrogen and oxygen atoms in total. The molecule has 0 saturated heterocycles. The van der Waals surface area contributed by atoms with E-state index in [-0.39, 0.29) is 0 Å². The lowest BCUT2D eigenvalue weighted by atomic mass is 10.2. The summed E-state index contributed by atoms with van der Waals surface area (Å²) in [5, 5.41) is 7.51. The van der Waals surface area contributed by atoms with E-state index < -0.39 is 5.97 Å². The topological polar surface area (TPSA) is 72.0 Å². The van der Waals surface area contributed by atoms with Crippen LogP contribution in [-0.2, 0) is 4.79 Å². The Kier molecular flexibility index (Phi) is 7.90. The SMILES string of the molecule is COc1ccc(/C=C/C(=O)Oc2ccc(/C=N/NC(=S)Nc3ccccc3)cc2)cc1. The van der Waals surface area contributed by atoms with Crippen LogP contribution in [0.4, 0.5) is 5.69 Å². The second kappa shape index (κ2) is 11.3. The molecule has 0 aliphatic rings. The Morgan fingerprint density at radius 3 is 2.23 bits per heavy atom. The summed E-state index contributed by atoms with van der Waals surface area (Å²) < 4.78 is 10.4. The van der Waals surface area contributed by atoms with Gasteiger partial charge in [-0.25, -0.2) is 4.79 Å². The molecule has 156 valence electrons. The van der Waals surface area contributed by atoms with Crippen molar-refractivity contribution in [1.82, 2.24) is 5.43 Å². The minimum Gasteiger partial charge on any atom is -0.497 e. The highest BCUT2D eigenvalue weighted by Gasteiger charge is 2.01. The molecule has 0 fully saturated rings. The van der Waals surface area contributed by atoms with Gasteiger partial charge in [-0.3, -0.25) is 5.43 Å². The number of nitrogens with zero attached hydrogens (tertiary/aromatic N) is 1. The van der Waals surface area contributed by atoms with E-state index in [1.165, 1.54) is 6.08 Å². The first kappa shape index (κ1) is 21.7. The van der Waals surface area contributed by atoms with Gasteiger partial charge in [0.1, 0.15) is 11.5 Å². The summed E-state index contributed by atoms with van der Waals surface area (Å²) in [6.45, 7) is 0. The van der Waals surface area contributed by atoms with Crippen LogP contribution in [0.5, 0.6) is 11.5 Å². The van der Waals surface area contributed by atoms with Crippen LogP contribution in [0.15, 0.2) is 90.0 Å². The van der Waals surface area contributed by atoms with E-state index in [1.807, 2.05) is 54.6 Å². The molecule has 3 aromatic rings. The molecule has 0 saturated carbocycles. The van der Waals surface area contributed by atoms with Crippen molar-refractivity contribution in [2.24, 2.45) is 5.10 Å². The molecule has 0 radical (unpaired) electrons. The van der Waals surface area contributed by atoms with Crippen LogP contribution in [0.1, 0.15) is 11.1 Å². The van der Waals surface area contributed by atoms with Gasteiger partial charge >= 0.3 is 5.97 Å². The Morgan fingerprint density at radius 1 is 0.903 bits per heavy atom. The zero-order valence-electron chi connectivity index (χ0n) is 16.8. The molecular formula is C24H21N3O3S. The number of benzene rings is 3. The lowest BCUT2D eigenvalue weighted by Gasteiger charge is -2.06. The summed E-state index contributed by atoms with van der Waals surface area (Å²) in [5.41, 5.74) is 5.33. The molecule has 2 N–H and O–H groups in total. The normalized spacial score (nSPS) is 10.7. The van der Waals surface area contributed by atoms with E-state index in [9.17, 15) is 4.79 Å². The number of carbonyl (C=O) groups is 1. The molecule has 0 aliphatic carbocycles. The number of rotatable bonds is 7. The van der Waals surface area contributed by atoms with E-state index in [2.05, 4.69) is 15.8 Å². The number of methoxy groups -OCH3 is 1. The molecule has 0 aromatic heterocycles. The van der Waals surface area contributed by atoms with Crippen LogP contribution in [-0.4, -0.2) is 24.4 Å². The number of para-hydroxylation sites is 1. The zero-order valence-corrected chi connectivity index (χ0v) is 17.6. The van der Waals surface area contributed by atoms with Gasteiger partial charge in [-0.15, -0.1) is 0 Å². The smallest absolute Gasteiger partial charge is 0.336 e. The maximum Gasteiger partial charge on any atom is 0.336 e. The largest absolute Gasteiger partial charge is 0.497 e. The summed E-state index contributed by atoms with van der Waals surface area (Å²) in [6.07, 6.45) is 4.68. The minimum absolute atomic E-state index is 0.386. The highest BCUT2D eigenvalue weighted by Crippen LogP contribution is 2.14. The van der Waals surface area contributed by atoms with Gasteiger partial charge in [-0.2, -0.15) is 5.10 Å². The summed E-state index contributed by atoms with van der Waals surface area (Å²) in [7, 11) is 1.61. The fourth-order valence-corrected chi connectivity index (χ4v) is 2.67. The molecule has 7 heteroatoms. The Bertz CT molecular complexity index is 1060. The van der Waals surface area contributed by atoms with Crippen molar-refractivity contribution in [2.75, 3.05) is 12.4 Å². The molecule has 0 aliphatic heterocycles. The maximum absolute atomic E-state index is 12.0. The van der Waals surface area contributed by atoms with Gasteiger partial charge in [0.05, 0.1) is 13.3 Å². The number of hydrazone groups is 1. The lowest BCUT2D eigenvalue weighted by molar-refractivity contribution is -0.128. The van der Waals surface area contributed by atoms with Crippen LogP contribution in [0.2, 0.25) is 0 Å². The van der Waals surface area contributed by atoms with Crippen LogP contribution < -0.4 is 20.2 Å². The first-order chi connectivity index (χ1) is 15.1. The average Bonchev–Trinajstić information content (AvgIpc) is 2.80. The van der Waals surface area contributed by atoms with Gasteiger partial charge in [0.2, 0.25) is 0 Å². The molecule has 0 spiro atoms. The molecule has 3 rings (SSSR count). The first-order valence-corrected chi connectivity index (χ1v) is 9.82. The van der Waals surface area contributed by atoms with E-state index in [1.54, 1.807) is 43.7 Å². The van der Waals surface area contributed by atoms with Crippen molar-refractivity contribution >= 4 is 41.3 Å². The average molecular weight is 432 g/mol. The second-order valence-electron chi connectivity index (χ2n) is 6.29. The van der Waals surface area contributed by atoms with Gasteiger partial charge in [-0.1, -0.05) is 30.3 Å². The number of hydrogen-bond acceptors (Lipinski definition) is 5. The third-order valence-electron chi connectivity index (χ3n) is 4.04. The molecule has 3 aromatic carbocycles. The third kappa shape index (κ3) is 7.41. The van der Waals surface area contributed by atoms with Crippen molar-refractivity contribution in [3.63, 3.8) is 0 Å². The van der Waals surface area contributed by atoms with E-state index >= 15 is 0 Å². The number of ether oxygens (including phenoxy) is 2. The first-order valence-electron chi connectivity index (χ1n) is 9.41. The van der Waals surface area contributed by atoms with Crippen LogP contribution >= 0.6 is 12.2 Å². The lowest BCUT2D eigenvalue weighted by Crippen LogP contribution is -2.23. The summed E-state index contributed by atoms with van der Waals surface area (Å²) >= 11 is 5.19. The van der Waals surface area contributed by atoms with Gasteiger partial charge in [-0.05, 0) is 78.0 Å². The quantitative estimate of drug-likeness (QED) is 0.142. The van der Waals surface area contributed by atoms with Crippen LogP contribution in [0, 0.1) is 0 Å². The standard InChI is InChI=1S/C24H21N3O3S/c1-29-21-12-7-18(8-13-21)11-16-23(28)30-22-14-9-19(10-15-22)17-25-27-24(31)26-20-5-3-2-4-6-20/h2-17H,1H3,(H2,26,27,31)/b16-11+,25-17+. The van der Waals surface area contributed by atoms with Gasteiger partial charge in [0, 0.05) is 11.8 Å². The number of carbonyl (C=O) groups excluding carboxylic acids is 1. The maximum atomic E-state index is 12.0. The Hall–Kier alpha value is -3.97. The van der Waals surface area contributed by atoms with Crippen molar-refractivity contribution in [2.45, 2.75) is 0 Å². The summed E-state index contributed by atoms with van der Waals surface area (Å²) in [6, 6.07) is 23.9. The van der Waals surface area contributed by atoms with Crippen LogP contribution in [0.3, 0.4) is 0 Å². The summed E-state index contributed by atoms with van der Waals surface area (Å²) in [4.78, 5) is 12.0. The second-order valence-corrected chi connectivity index (χ2v) is 6.70. The highest BCUT2D eigenvalue weighted by molar-refractivity contribution is 7.80. The fourth-order valence-electron chi connectivity index (χ4n) is 2.50. The molecular weight excluding hydrogens is 410 g/mol. The predicted molar refractivity (Wildman–Crippen MR) is 127 cm³/mol. The Balaban J connectivity index is 1.46. The van der Waals surface area contributed by atoms with Gasteiger partial charge < -0.3 is 14.8 Å². The predicted octanol–water partition coefficient (Wildman–Crippen LogP) is 4.63. The Labute approximate surface area is 186 Å². The van der Waals surface area contributed by atoms with Gasteiger partial charge in [0.15, 0.2) is 5.11 Å². The third-order valence-corrected chi connectivity index (χ3v) is 4.23. The molecule has 0 atom stereocenters. The fraction of sp³-hybridized carbons (Fsp3) is 0.0417. The minimum atomic E-state index is -0.462. The highest BCUT2D eigenvalue weighted by atomic mass is 32.1. The van der Waals surface area contributed by atoms with E-state index in [0.717, 1.165) is 22.6 Å². The number of hydrogen-bond donors (Lipinski definition) is 2. The van der Waals surface area contributed by atoms with Crippen LogP contribution in [0.25, 0.3) is 6.08 Å². The van der Waals surface area contributed by atoms with Crippen molar-refractivity contribution < 1.29 is 14.3 Å². The zero-order chi connectivity index (χ0) is 21.9. The van der Waals surface area contributed by atoms with Crippen molar-refractivity contribution in [1.29, 1.82) is 0 Å². The molecule has 31 heavy (non-hydrogen) atoms. The number of anilines is 1. The van der Waals surface area contributed by atoms with E-state index in [4.69, 9.17) is 21.7 Å². The van der Waals surface area contributed by atoms with E-state index in [0.29, 0.717) is 10.9 Å². The van der Waals surface area contributed by atoms with Gasteiger partial charge in [0.25, 0.3) is 0 Å². The monoisotopic (exact) mass is 431 g/mol. The molecule has 0 unspecified atom stereocenters. The summed E-state index contributed by atoms with van der Waals surface area (Å²) in [5.74, 6) is 0.736. The van der Waals surface area contributed by atoms with Crippen molar-refractivity contribution in [3.05, 3.63) is 96.1 Å². The Morgan fingerprint density at radius 2 is 1.55 bits per heavy atom.